The zero-order valence-electron chi connectivity index (χ0n) is 8.20. The topological polar surface area (TPSA) is 57.6 Å². The molecule has 0 rings (SSSR count). The normalized spacial score (nSPS) is 11.2. The number of nitrogens with zero attached hydrogens (tertiary/aromatic N) is 1. The van der Waals surface area contributed by atoms with E-state index in [1.54, 1.807) is 19.0 Å². The quantitative estimate of drug-likeness (QED) is 0.392. The van der Waals surface area contributed by atoms with E-state index in [-0.39, 0.29) is 17.8 Å². The van der Waals surface area contributed by atoms with Gasteiger partial charge in [-0.3, -0.25) is 4.79 Å². The number of carbonyl (C=O) groups is 2. The minimum atomic E-state index is -1.16. The van der Waals surface area contributed by atoms with Crippen molar-refractivity contribution in [3.05, 3.63) is 11.8 Å². The zero-order valence-corrected chi connectivity index (χ0v) is 8.20. The number of hydrogen-bond acceptors (Lipinski definition) is 3. The minimum absolute atomic E-state index is 0.146. The molecular weight excluding hydrogens is 170 g/mol. The average Bonchev–Trinajstić information content (AvgIpc) is 1.99. The molecular formula is C9H15NO3. The number of Topliss-reactive ketones (excluding diaryl/α,β-unsaturated/α-hetero) is 1. The molecule has 0 aromatic carbocycles. The zero-order chi connectivity index (χ0) is 10.4. The highest BCUT2D eigenvalue weighted by Crippen LogP contribution is 2.03. The Bertz CT molecular complexity index is 231. The molecule has 0 aliphatic carbocycles. The number of carboxylic acid groups (broad SMARTS) is 1. The Balaban J connectivity index is 4.61. The van der Waals surface area contributed by atoms with Crippen molar-refractivity contribution in [2.75, 3.05) is 14.1 Å². The van der Waals surface area contributed by atoms with E-state index in [0.29, 0.717) is 6.42 Å². The Kier molecular flexibility index (Phi) is 4.80. The van der Waals surface area contributed by atoms with Crippen LogP contribution in [0.3, 0.4) is 0 Å². The van der Waals surface area contributed by atoms with E-state index in [2.05, 4.69) is 0 Å². The molecule has 74 valence electrons. The molecule has 0 aromatic rings. The summed E-state index contributed by atoms with van der Waals surface area (Å²) in [5.41, 5.74) is -0.146. The summed E-state index contributed by atoms with van der Waals surface area (Å²) in [5, 5.41) is 8.70. The fourth-order valence-corrected chi connectivity index (χ4v) is 0.866. The molecule has 4 heteroatoms. The van der Waals surface area contributed by atoms with Crippen LogP contribution in [0.2, 0.25) is 0 Å². The van der Waals surface area contributed by atoms with Crippen LogP contribution in [-0.4, -0.2) is 35.9 Å². The second-order valence-electron chi connectivity index (χ2n) is 2.98. The number of carbonyl (C=O) groups excluding carboxylic acids is 1. The molecule has 0 aliphatic heterocycles. The number of rotatable bonds is 5. The van der Waals surface area contributed by atoms with Gasteiger partial charge in [0, 0.05) is 26.7 Å². The summed E-state index contributed by atoms with van der Waals surface area (Å²) in [6, 6.07) is 0. The van der Waals surface area contributed by atoms with Crippen LogP contribution in [0.1, 0.15) is 19.8 Å². The molecule has 0 atom stereocenters. The molecule has 0 unspecified atom stereocenters. The summed E-state index contributed by atoms with van der Waals surface area (Å²) in [4.78, 5) is 23.4. The Morgan fingerprint density at radius 2 is 1.92 bits per heavy atom. The van der Waals surface area contributed by atoms with Crippen molar-refractivity contribution >= 4 is 11.8 Å². The van der Waals surface area contributed by atoms with E-state index >= 15 is 0 Å². The fourth-order valence-electron chi connectivity index (χ4n) is 0.866. The number of carboxylic acids is 1. The fraction of sp³-hybridized carbons (Fsp3) is 0.556. The second-order valence-corrected chi connectivity index (χ2v) is 2.98. The maximum atomic E-state index is 11.2. The largest absolute Gasteiger partial charge is 0.478 e. The van der Waals surface area contributed by atoms with Gasteiger partial charge in [0.15, 0.2) is 5.78 Å². The molecule has 0 heterocycles. The Labute approximate surface area is 77.8 Å². The first-order chi connectivity index (χ1) is 5.99. The molecule has 0 amide bonds. The van der Waals surface area contributed by atoms with Crippen LogP contribution in [0.4, 0.5) is 0 Å². The van der Waals surface area contributed by atoms with E-state index in [9.17, 15) is 9.59 Å². The lowest BCUT2D eigenvalue weighted by Gasteiger charge is -2.07. The summed E-state index contributed by atoms with van der Waals surface area (Å²) in [6.07, 6.45) is 2.28. The number of hydrogen-bond donors (Lipinski definition) is 1. The standard InChI is InChI=1S/C9H15NO3/c1-4-5-8(11)7(9(12)13)6-10(2)3/h6H,4-5H2,1-3H3,(H,12,13). The van der Waals surface area contributed by atoms with Crippen LogP contribution in [0.25, 0.3) is 0 Å². The molecule has 0 aliphatic rings. The lowest BCUT2D eigenvalue weighted by atomic mass is 10.1. The van der Waals surface area contributed by atoms with Gasteiger partial charge < -0.3 is 10.0 Å². The molecule has 0 aromatic heterocycles. The summed E-state index contributed by atoms with van der Waals surface area (Å²) in [5.74, 6) is -1.48. The molecule has 13 heavy (non-hydrogen) atoms. The average molecular weight is 185 g/mol. The first kappa shape index (κ1) is 11.7. The van der Waals surface area contributed by atoms with Crippen LogP contribution in [0.15, 0.2) is 11.8 Å². The second kappa shape index (κ2) is 5.35. The lowest BCUT2D eigenvalue weighted by molar-refractivity contribution is -0.134. The van der Waals surface area contributed by atoms with E-state index in [1.807, 2.05) is 6.92 Å². The summed E-state index contributed by atoms with van der Waals surface area (Å²) in [6.45, 7) is 1.84. The summed E-state index contributed by atoms with van der Waals surface area (Å²) in [7, 11) is 3.37. The van der Waals surface area contributed by atoms with E-state index < -0.39 is 5.97 Å². The van der Waals surface area contributed by atoms with Crippen molar-refractivity contribution in [2.45, 2.75) is 19.8 Å². The van der Waals surface area contributed by atoms with Gasteiger partial charge in [-0.1, -0.05) is 6.92 Å². The molecule has 4 nitrogen and oxygen atoms in total. The van der Waals surface area contributed by atoms with Crippen LogP contribution in [-0.2, 0) is 9.59 Å². The van der Waals surface area contributed by atoms with Crippen molar-refractivity contribution in [2.24, 2.45) is 0 Å². The molecule has 1 N–H and O–H groups in total. The van der Waals surface area contributed by atoms with Gasteiger partial charge in [-0.15, -0.1) is 0 Å². The van der Waals surface area contributed by atoms with Gasteiger partial charge in [0.1, 0.15) is 5.57 Å². The summed E-state index contributed by atoms with van der Waals surface area (Å²) < 4.78 is 0. The van der Waals surface area contributed by atoms with E-state index in [1.165, 1.54) is 6.20 Å². The maximum absolute atomic E-state index is 11.2. The molecule has 0 fully saturated rings. The maximum Gasteiger partial charge on any atom is 0.340 e. The van der Waals surface area contributed by atoms with Crippen LogP contribution >= 0.6 is 0 Å². The summed E-state index contributed by atoms with van der Waals surface area (Å²) >= 11 is 0. The van der Waals surface area contributed by atoms with Crippen LogP contribution < -0.4 is 0 Å². The van der Waals surface area contributed by atoms with E-state index in [4.69, 9.17) is 5.11 Å². The molecule has 0 radical (unpaired) electrons. The van der Waals surface area contributed by atoms with Crippen molar-refractivity contribution in [1.82, 2.24) is 4.90 Å². The first-order valence-corrected chi connectivity index (χ1v) is 4.13. The van der Waals surface area contributed by atoms with Crippen LogP contribution in [0, 0.1) is 0 Å². The third-order valence-electron chi connectivity index (χ3n) is 1.40. The lowest BCUT2D eigenvalue weighted by Crippen LogP contribution is -2.16. The SMILES string of the molecule is CCCC(=O)C(=CN(C)C)C(=O)O. The van der Waals surface area contributed by atoms with Crippen molar-refractivity contribution < 1.29 is 14.7 Å². The van der Waals surface area contributed by atoms with Gasteiger partial charge in [-0.05, 0) is 6.42 Å². The van der Waals surface area contributed by atoms with Crippen molar-refractivity contribution in [1.29, 1.82) is 0 Å². The minimum Gasteiger partial charge on any atom is -0.478 e. The Morgan fingerprint density at radius 3 is 2.23 bits per heavy atom. The molecule has 0 saturated heterocycles. The smallest absolute Gasteiger partial charge is 0.340 e. The molecule has 0 spiro atoms. The van der Waals surface area contributed by atoms with Gasteiger partial charge in [0.2, 0.25) is 0 Å². The highest BCUT2D eigenvalue weighted by Gasteiger charge is 2.16. The van der Waals surface area contributed by atoms with Gasteiger partial charge >= 0.3 is 5.97 Å². The van der Waals surface area contributed by atoms with Gasteiger partial charge in [0.25, 0.3) is 0 Å². The van der Waals surface area contributed by atoms with Crippen LogP contribution in [0.5, 0.6) is 0 Å². The highest BCUT2D eigenvalue weighted by atomic mass is 16.4. The Morgan fingerprint density at radius 1 is 1.38 bits per heavy atom. The molecule has 0 saturated carbocycles. The highest BCUT2D eigenvalue weighted by molar-refractivity contribution is 6.16. The van der Waals surface area contributed by atoms with Gasteiger partial charge in [0.05, 0.1) is 0 Å². The number of aliphatic carboxylic acids is 1. The van der Waals surface area contributed by atoms with Crippen molar-refractivity contribution in [3.63, 3.8) is 0 Å². The van der Waals surface area contributed by atoms with E-state index in [0.717, 1.165) is 0 Å². The van der Waals surface area contributed by atoms with Gasteiger partial charge in [-0.25, -0.2) is 4.79 Å². The van der Waals surface area contributed by atoms with Crippen molar-refractivity contribution in [3.8, 4) is 0 Å². The van der Waals surface area contributed by atoms with Gasteiger partial charge in [-0.2, -0.15) is 0 Å². The third-order valence-corrected chi connectivity index (χ3v) is 1.40. The monoisotopic (exact) mass is 185 g/mol. The Hall–Kier alpha value is -1.32. The number of ketones is 1. The first-order valence-electron chi connectivity index (χ1n) is 4.13. The predicted octanol–water partition coefficient (Wildman–Crippen LogP) is 0.886. The third kappa shape index (κ3) is 4.30. The molecule has 0 bridgehead atoms. The predicted molar refractivity (Wildman–Crippen MR) is 49.3 cm³/mol.